The first-order chi connectivity index (χ1) is 10.6. The second kappa shape index (κ2) is 5.60. The van der Waals surface area contributed by atoms with Gasteiger partial charge >= 0.3 is 5.97 Å². The molecule has 0 aliphatic heterocycles. The standard InChI is InChI=1S/C17H17N3O2/c1-11(2)13-6-3-5-12-9-14(17(21)22)20(16(12)13)10-15-18-7-4-8-19-15/h3-9,11H,10H2,1-2H3,(H,21,22). The molecule has 5 heteroatoms. The Labute approximate surface area is 128 Å². The van der Waals surface area contributed by atoms with Gasteiger partial charge in [-0.2, -0.15) is 0 Å². The zero-order chi connectivity index (χ0) is 15.7. The second-order valence-corrected chi connectivity index (χ2v) is 5.53. The van der Waals surface area contributed by atoms with Crippen molar-refractivity contribution in [2.75, 3.05) is 0 Å². The molecule has 3 aromatic rings. The van der Waals surface area contributed by atoms with E-state index in [0.29, 0.717) is 18.3 Å². The highest BCUT2D eigenvalue weighted by molar-refractivity contribution is 5.96. The minimum absolute atomic E-state index is 0.260. The number of carbonyl (C=O) groups is 1. The number of hydrogen-bond acceptors (Lipinski definition) is 3. The van der Waals surface area contributed by atoms with Crippen molar-refractivity contribution in [3.05, 3.63) is 59.8 Å². The maximum Gasteiger partial charge on any atom is 0.352 e. The predicted octanol–water partition coefficient (Wildman–Crippen LogP) is 3.30. The number of benzene rings is 1. The van der Waals surface area contributed by atoms with Gasteiger partial charge in [0.1, 0.15) is 11.5 Å². The minimum Gasteiger partial charge on any atom is -0.477 e. The van der Waals surface area contributed by atoms with E-state index in [1.165, 1.54) is 0 Å². The molecule has 0 spiro atoms. The second-order valence-electron chi connectivity index (χ2n) is 5.53. The Morgan fingerprint density at radius 3 is 2.59 bits per heavy atom. The van der Waals surface area contributed by atoms with E-state index in [9.17, 15) is 9.90 Å². The van der Waals surface area contributed by atoms with Crippen LogP contribution in [-0.4, -0.2) is 25.6 Å². The molecule has 1 N–H and O–H groups in total. The fourth-order valence-electron chi connectivity index (χ4n) is 2.71. The van der Waals surface area contributed by atoms with Crippen molar-refractivity contribution < 1.29 is 9.90 Å². The highest BCUT2D eigenvalue weighted by Crippen LogP contribution is 2.29. The summed E-state index contributed by atoms with van der Waals surface area (Å²) in [4.78, 5) is 20.0. The monoisotopic (exact) mass is 295 g/mol. The van der Waals surface area contributed by atoms with Gasteiger partial charge in [0, 0.05) is 17.8 Å². The molecule has 22 heavy (non-hydrogen) atoms. The van der Waals surface area contributed by atoms with Gasteiger partial charge in [0.2, 0.25) is 0 Å². The Kier molecular flexibility index (Phi) is 3.63. The largest absolute Gasteiger partial charge is 0.477 e. The average Bonchev–Trinajstić information content (AvgIpc) is 2.87. The molecule has 5 nitrogen and oxygen atoms in total. The van der Waals surface area contributed by atoms with E-state index in [1.54, 1.807) is 29.1 Å². The summed E-state index contributed by atoms with van der Waals surface area (Å²) < 4.78 is 1.79. The van der Waals surface area contributed by atoms with E-state index in [1.807, 2.05) is 18.2 Å². The minimum atomic E-state index is -0.943. The van der Waals surface area contributed by atoms with Gasteiger partial charge in [0.15, 0.2) is 0 Å². The summed E-state index contributed by atoms with van der Waals surface area (Å²) in [5.74, 6) is -0.0430. The average molecular weight is 295 g/mol. The Balaban J connectivity index is 2.25. The molecule has 0 amide bonds. The lowest BCUT2D eigenvalue weighted by Gasteiger charge is -2.13. The molecule has 0 aliphatic carbocycles. The number of rotatable bonds is 4. The predicted molar refractivity (Wildman–Crippen MR) is 84.1 cm³/mol. The van der Waals surface area contributed by atoms with Crippen molar-refractivity contribution in [2.45, 2.75) is 26.3 Å². The third kappa shape index (κ3) is 2.45. The number of carboxylic acids is 1. The summed E-state index contributed by atoms with van der Waals surface area (Å²) in [6.07, 6.45) is 3.33. The summed E-state index contributed by atoms with van der Waals surface area (Å²) in [6.45, 7) is 4.55. The smallest absolute Gasteiger partial charge is 0.352 e. The Bertz CT molecular complexity index is 823. The van der Waals surface area contributed by atoms with Crippen LogP contribution < -0.4 is 0 Å². The van der Waals surface area contributed by atoms with Crippen LogP contribution >= 0.6 is 0 Å². The normalized spacial score (nSPS) is 11.2. The van der Waals surface area contributed by atoms with Crippen molar-refractivity contribution in [1.29, 1.82) is 0 Å². The lowest BCUT2D eigenvalue weighted by molar-refractivity contribution is 0.0686. The zero-order valence-electron chi connectivity index (χ0n) is 12.5. The van der Waals surface area contributed by atoms with Crippen LogP contribution in [-0.2, 0) is 6.54 Å². The van der Waals surface area contributed by atoms with Crippen LogP contribution in [0.5, 0.6) is 0 Å². The SMILES string of the molecule is CC(C)c1cccc2cc(C(=O)O)n(Cc3ncccn3)c12. The molecule has 0 radical (unpaired) electrons. The number of fused-ring (bicyclic) bond motifs is 1. The summed E-state index contributed by atoms with van der Waals surface area (Å²) in [6, 6.07) is 9.41. The van der Waals surface area contributed by atoms with E-state index in [-0.39, 0.29) is 5.69 Å². The molecular weight excluding hydrogens is 278 g/mol. The van der Waals surface area contributed by atoms with Crippen LogP contribution in [0.2, 0.25) is 0 Å². The molecule has 3 rings (SSSR count). The third-order valence-corrected chi connectivity index (χ3v) is 3.71. The van der Waals surface area contributed by atoms with Gasteiger partial charge in [-0.25, -0.2) is 14.8 Å². The molecular formula is C17H17N3O2. The number of carboxylic acid groups (broad SMARTS) is 1. The molecule has 0 saturated carbocycles. The number of aromatic nitrogens is 3. The van der Waals surface area contributed by atoms with Gasteiger partial charge in [0.25, 0.3) is 0 Å². The fourth-order valence-corrected chi connectivity index (χ4v) is 2.71. The summed E-state index contributed by atoms with van der Waals surface area (Å²) in [5, 5.41) is 10.4. The van der Waals surface area contributed by atoms with Gasteiger partial charge in [0.05, 0.1) is 12.1 Å². The Morgan fingerprint density at radius 2 is 1.95 bits per heavy atom. The fraction of sp³-hybridized carbons (Fsp3) is 0.235. The molecule has 0 fully saturated rings. The van der Waals surface area contributed by atoms with Crippen molar-refractivity contribution in [1.82, 2.24) is 14.5 Å². The first-order valence-electron chi connectivity index (χ1n) is 7.19. The van der Waals surface area contributed by atoms with Gasteiger partial charge < -0.3 is 9.67 Å². The van der Waals surface area contributed by atoms with E-state index < -0.39 is 5.97 Å². The van der Waals surface area contributed by atoms with Crippen LogP contribution in [0.15, 0.2) is 42.7 Å². The van der Waals surface area contributed by atoms with Crippen LogP contribution in [0.1, 0.15) is 41.6 Å². The number of nitrogens with zero attached hydrogens (tertiary/aromatic N) is 3. The highest BCUT2D eigenvalue weighted by Gasteiger charge is 2.18. The first kappa shape index (κ1) is 14.3. The molecule has 1 aromatic carbocycles. The van der Waals surface area contributed by atoms with E-state index in [4.69, 9.17) is 0 Å². The van der Waals surface area contributed by atoms with E-state index in [2.05, 4.69) is 23.8 Å². The molecule has 0 unspecified atom stereocenters. The number of hydrogen-bond donors (Lipinski definition) is 1. The molecule has 0 aliphatic rings. The van der Waals surface area contributed by atoms with Crippen molar-refractivity contribution in [2.24, 2.45) is 0 Å². The lowest BCUT2D eigenvalue weighted by atomic mass is 10.0. The quantitative estimate of drug-likeness (QED) is 0.802. The van der Waals surface area contributed by atoms with Crippen LogP contribution in [0, 0.1) is 0 Å². The van der Waals surface area contributed by atoms with E-state index in [0.717, 1.165) is 16.5 Å². The van der Waals surface area contributed by atoms with Crippen molar-refractivity contribution in [3.63, 3.8) is 0 Å². The molecule has 112 valence electrons. The molecule has 2 heterocycles. The van der Waals surface area contributed by atoms with Crippen molar-refractivity contribution in [3.8, 4) is 0 Å². The summed E-state index contributed by atoms with van der Waals surface area (Å²) in [5.41, 5.74) is 2.33. The maximum atomic E-state index is 11.6. The number of para-hydroxylation sites is 1. The molecule has 2 aromatic heterocycles. The zero-order valence-corrected chi connectivity index (χ0v) is 12.5. The number of aromatic carboxylic acids is 1. The summed E-state index contributed by atoms with van der Waals surface area (Å²) >= 11 is 0. The summed E-state index contributed by atoms with van der Waals surface area (Å²) in [7, 11) is 0. The van der Waals surface area contributed by atoms with E-state index >= 15 is 0 Å². The molecule has 0 saturated heterocycles. The first-order valence-corrected chi connectivity index (χ1v) is 7.19. The lowest BCUT2D eigenvalue weighted by Crippen LogP contribution is -2.12. The highest BCUT2D eigenvalue weighted by atomic mass is 16.4. The van der Waals surface area contributed by atoms with Gasteiger partial charge in [-0.3, -0.25) is 0 Å². The van der Waals surface area contributed by atoms with Crippen molar-refractivity contribution >= 4 is 16.9 Å². The Morgan fingerprint density at radius 1 is 1.23 bits per heavy atom. The molecule has 0 bridgehead atoms. The maximum absolute atomic E-state index is 11.6. The van der Waals surface area contributed by atoms with Crippen LogP contribution in [0.3, 0.4) is 0 Å². The third-order valence-electron chi connectivity index (χ3n) is 3.71. The molecule has 0 atom stereocenters. The Hall–Kier alpha value is -2.69. The van der Waals surface area contributed by atoms with Gasteiger partial charge in [-0.05, 0) is 23.6 Å². The van der Waals surface area contributed by atoms with Gasteiger partial charge in [-0.1, -0.05) is 32.0 Å². The topological polar surface area (TPSA) is 68.0 Å². The van der Waals surface area contributed by atoms with Crippen LogP contribution in [0.4, 0.5) is 0 Å². The van der Waals surface area contributed by atoms with Crippen LogP contribution in [0.25, 0.3) is 10.9 Å². The van der Waals surface area contributed by atoms with Gasteiger partial charge in [-0.15, -0.1) is 0 Å².